The Hall–Kier alpha value is -1.30. The number of anilines is 1. The fourth-order valence-electron chi connectivity index (χ4n) is 3.87. The van der Waals surface area contributed by atoms with Gasteiger partial charge in [0.2, 0.25) is 0 Å². The van der Waals surface area contributed by atoms with Crippen molar-refractivity contribution in [1.29, 1.82) is 0 Å². The van der Waals surface area contributed by atoms with Crippen LogP contribution in [0.15, 0.2) is 35.5 Å². The molecule has 3 rings (SSSR count). The molecule has 0 spiro atoms. The van der Waals surface area contributed by atoms with E-state index in [1.165, 1.54) is 40.8 Å². The standard InChI is InChI=1S/C21H29N3S2/c1-14(2)22-21-23-20(25)19(26-21)13-24-7-5-6-17(12-24)11-18-9-15(3)8-16(4)10-18/h8-10,17,25H,1,5-7,11-13H2,2-4H3,(H,22,23). The highest BCUT2D eigenvalue weighted by atomic mass is 32.1. The van der Waals surface area contributed by atoms with E-state index in [4.69, 9.17) is 0 Å². The first-order valence-electron chi connectivity index (χ1n) is 9.30. The minimum Gasteiger partial charge on any atom is -0.336 e. The van der Waals surface area contributed by atoms with Gasteiger partial charge in [-0.05, 0) is 58.1 Å². The van der Waals surface area contributed by atoms with Crippen molar-refractivity contribution in [3.05, 3.63) is 52.0 Å². The predicted molar refractivity (Wildman–Crippen MR) is 115 cm³/mol. The number of thiazole rings is 1. The molecule has 1 atom stereocenters. The van der Waals surface area contributed by atoms with Crippen LogP contribution in [0.25, 0.3) is 0 Å². The lowest BCUT2D eigenvalue weighted by atomic mass is 9.90. The highest BCUT2D eigenvalue weighted by Gasteiger charge is 2.22. The van der Waals surface area contributed by atoms with E-state index in [0.717, 1.165) is 41.4 Å². The van der Waals surface area contributed by atoms with E-state index in [2.05, 4.69) is 66.5 Å². The van der Waals surface area contributed by atoms with E-state index in [1.54, 1.807) is 11.3 Å². The first-order chi connectivity index (χ1) is 12.4. The summed E-state index contributed by atoms with van der Waals surface area (Å²) in [6, 6.07) is 6.94. The Kier molecular flexibility index (Phi) is 6.43. The Labute approximate surface area is 166 Å². The minimum absolute atomic E-state index is 0.731. The van der Waals surface area contributed by atoms with Gasteiger partial charge in [0.15, 0.2) is 5.13 Å². The van der Waals surface area contributed by atoms with Crippen LogP contribution in [-0.4, -0.2) is 23.0 Å². The van der Waals surface area contributed by atoms with Gasteiger partial charge in [0.25, 0.3) is 0 Å². The van der Waals surface area contributed by atoms with Crippen molar-refractivity contribution in [3.63, 3.8) is 0 Å². The molecule has 1 aliphatic rings. The Balaban J connectivity index is 1.61. The summed E-state index contributed by atoms with van der Waals surface area (Å²) >= 11 is 6.26. The Morgan fingerprint density at radius 3 is 2.77 bits per heavy atom. The first-order valence-corrected chi connectivity index (χ1v) is 10.6. The topological polar surface area (TPSA) is 28.2 Å². The fraction of sp³-hybridized carbons (Fsp3) is 0.476. The van der Waals surface area contributed by atoms with Gasteiger partial charge in [0.05, 0.1) is 4.88 Å². The number of rotatable bonds is 6. The zero-order valence-corrected chi connectivity index (χ0v) is 17.7. The number of thiol groups is 1. The number of likely N-dealkylation sites (tertiary alicyclic amines) is 1. The molecule has 1 N–H and O–H groups in total. The molecular weight excluding hydrogens is 358 g/mol. The molecule has 0 aliphatic carbocycles. The molecule has 1 aromatic heterocycles. The van der Waals surface area contributed by atoms with Crippen LogP contribution in [0.5, 0.6) is 0 Å². The number of benzene rings is 1. The molecule has 0 bridgehead atoms. The van der Waals surface area contributed by atoms with Crippen molar-refractivity contribution in [2.45, 2.75) is 51.6 Å². The maximum atomic E-state index is 4.57. The molecule has 1 unspecified atom stereocenters. The molecule has 1 aliphatic heterocycles. The summed E-state index contributed by atoms with van der Waals surface area (Å²) in [6.07, 6.45) is 3.77. The highest BCUT2D eigenvalue weighted by Crippen LogP contribution is 2.30. The third-order valence-corrected chi connectivity index (χ3v) is 6.25. The highest BCUT2D eigenvalue weighted by molar-refractivity contribution is 7.80. The number of nitrogens with zero attached hydrogens (tertiary/aromatic N) is 2. The summed E-state index contributed by atoms with van der Waals surface area (Å²) in [7, 11) is 0. The number of piperidine rings is 1. The second-order valence-corrected chi connectivity index (χ2v) is 9.12. The summed E-state index contributed by atoms with van der Waals surface area (Å²) in [6.45, 7) is 13.5. The van der Waals surface area contributed by atoms with Gasteiger partial charge in [0, 0.05) is 18.8 Å². The fourth-order valence-corrected chi connectivity index (χ4v) is 5.22. The summed E-state index contributed by atoms with van der Waals surface area (Å²) in [4.78, 5) is 8.31. The van der Waals surface area contributed by atoms with E-state index in [1.807, 2.05) is 6.92 Å². The second kappa shape index (κ2) is 8.59. The molecular formula is C21H29N3S2. The summed E-state index contributed by atoms with van der Waals surface area (Å²) < 4.78 is 0. The molecule has 1 fully saturated rings. The number of aryl methyl sites for hydroxylation is 2. The number of nitrogens with one attached hydrogen (secondary N) is 1. The van der Waals surface area contributed by atoms with Crippen LogP contribution in [0.2, 0.25) is 0 Å². The van der Waals surface area contributed by atoms with Crippen LogP contribution in [0, 0.1) is 19.8 Å². The molecule has 0 saturated carbocycles. The maximum Gasteiger partial charge on any atom is 0.188 e. The molecule has 2 aromatic rings. The quantitative estimate of drug-likeness (QED) is 0.646. The molecule has 1 aromatic carbocycles. The third kappa shape index (κ3) is 5.35. The first kappa shape index (κ1) is 19.5. The van der Waals surface area contributed by atoms with Crippen LogP contribution in [0.1, 0.15) is 41.3 Å². The molecule has 26 heavy (non-hydrogen) atoms. The second-order valence-electron chi connectivity index (χ2n) is 7.61. The van der Waals surface area contributed by atoms with Gasteiger partial charge in [-0.1, -0.05) is 47.2 Å². The minimum atomic E-state index is 0.731. The van der Waals surface area contributed by atoms with Crippen molar-refractivity contribution < 1.29 is 0 Å². The Morgan fingerprint density at radius 1 is 1.35 bits per heavy atom. The predicted octanol–water partition coefficient (Wildman–Crippen LogP) is 5.45. The van der Waals surface area contributed by atoms with Crippen molar-refractivity contribution in [2.75, 3.05) is 18.4 Å². The van der Waals surface area contributed by atoms with E-state index in [9.17, 15) is 0 Å². The summed E-state index contributed by atoms with van der Waals surface area (Å²) in [5.41, 5.74) is 5.13. The van der Waals surface area contributed by atoms with Gasteiger partial charge in [-0.15, -0.1) is 12.6 Å². The summed E-state index contributed by atoms with van der Waals surface area (Å²) in [5.74, 6) is 0.731. The lowest BCUT2D eigenvalue weighted by Crippen LogP contribution is -2.35. The number of hydrogen-bond acceptors (Lipinski definition) is 5. The van der Waals surface area contributed by atoms with Gasteiger partial charge in [-0.3, -0.25) is 4.90 Å². The van der Waals surface area contributed by atoms with Crippen LogP contribution in [-0.2, 0) is 13.0 Å². The molecule has 2 heterocycles. The zero-order valence-electron chi connectivity index (χ0n) is 16.0. The van der Waals surface area contributed by atoms with Gasteiger partial charge < -0.3 is 5.32 Å². The van der Waals surface area contributed by atoms with Gasteiger partial charge >= 0.3 is 0 Å². The summed E-state index contributed by atoms with van der Waals surface area (Å²) in [5, 5.41) is 4.93. The van der Waals surface area contributed by atoms with Crippen molar-refractivity contribution >= 4 is 29.1 Å². The van der Waals surface area contributed by atoms with Crippen LogP contribution in [0.4, 0.5) is 5.13 Å². The van der Waals surface area contributed by atoms with Crippen LogP contribution < -0.4 is 5.32 Å². The van der Waals surface area contributed by atoms with E-state index in [-0.39, 0.29) is 0 Å². The molecule has 1 saturated heterocycles. The Morgan fingerprint density at radius 2 is 2.08 bits per heavy atom. The van der Waals surface area contributed by atoms with Crippen molar-refractivity contribution in [3.8, 4) is 0 Å². The van der Waals surface area contributed by atoms with Crippen molar-refractivity contribution in [1.82, 2.24) is 9.88 Å². The zero-order chi connectivity index (χ0) is 18.7. The molecule has 3 nitrogen and oxygen atoms in total. The molecule has 140 valence electrons. The smallest absolute Gasteiger partial charge is 0.188 e. The van der Waals surface area contributed by atoms with Crippen LogP contribution in [0.3, 0.4) is 0 Å². The van der Waals surface area contributed by atoms with Crippen LogP contribution >= 0.6 is 24.0 Å². The molecule has 0 radical (unpaired) electrons. The van der Waals surface area contributed by atoms with E-state index >= 15 is 0 Å². The number of aromatic nitrogens is 1. The lowest BCUT2D eigenvalue weighted by Gasteiger charge is -2.32. The van der Waals surface area contributed by atoms with E-state index < -0.39 is 0 Å². The van der Waals surface area contributed by atoms with Gasteiger partial charge in [-0.2, -0.15) is 0 Å². The normalized spacial score (nSPS) is 18.1. The monoisotopic (exact) mass is 387 g/mol. The third-order valence-electron chi connectivity index (χ3n) is 4.77. The average molecular weight is 388 g/mol. The van der Waals surface area contributed by atoms with E-state index in [0.29, 0.717) is 0 Å². The van der Waals surface area contributed by atoms with Gasteiger partial charge in [0.1, 0.15) is 5.03 Å². The molecule has 5 heteroatoms. The van der Waals surface area contributed by atoms with Gasteiger partial charge in [-0.25, -0.2) is 4.98 Å². The maximum absolute atomic E-state index is 4.57. The SMILES string of the molecule is C=C(C)Nc1nc(S)c(CN2CCCC(Cc3cc(C)cc(C)c3)C2)s1. The molecule has 0 amide bonds. The number of hydrogen-bond donors (Lipinski definition) is 2. The average Bonchev–Trinajstić information content (AvgIpc) is 2.85. The van der Waals surface area contributed by atoms with Crippen molar-refractivity contribution in [2.24, 2.45) is 5.92 Å². The number of allylic oxidation sites excluding steroid dienone is 1. The Bertz CT molecular complexity index is 761. The lowest BCUT2D eigenvalue weighted by molar-refractivity contribution is 0.167. The largest absolute Gasteiger partial charge is 0.336 e.